The molecule has 2 rings (SSSR count). The number of hydrogen-bond donors (Lipinski definition) is 1. The molecule has 0 radical (unpaired) electrons. The first-order valence-electron chi connectivity index (χ1n) is 6.74. The monoisotopic (exact) mass is 285 g/mol. The van der Waals surface area contributed by atoms with E-state index in [2.05, 4.69) is 19.2 Å². The molecule has 1 atom stereocenters. The second-order valence-corrected chi connectivity index (χ2v) is 5.97. The summed E-state index contributed by atoms with van der Waals surface area (Å²) in [6, 6.07) is 14.1. The van der Waals surface area contributed by atoms with E-state index in [0.29, 0.717) is 5.92 Å². The number of benzene rings is 1. The van der Waals surface area contributed by atoms with E-state index in [9.17, 15) is 4.79 Å². The molecule has 104 valence electrons. The molecule has 0 aliphatic rings. The van der Waals surface area contributed by atoms with Crippen molar-refractivity contribution < 1.29 is 4.79 Å². The smallest absolute Gasteiger partial charge is 0.244 e. The van der Waals surface area contributed by atoms with Gasteiger partial charge in [0.2, 0.25) is 5.91 Å². The zero-order valence-corrected chi connectivity index (χ0v) is 12.6. The summed E-state index contributed by atoms with van der Waals surface area (Å²) in [6.45, 7) is 4.22. The van der Waals surface area contributed by atoms with Crippen molar-refractivity contribution >= 4 is 23.3 Å². The van der Waals surface area contributed by atoms with Gasteiger partial charge in [0.25, 0.3) is 0 Å². The Hall–Kier alpha value is -1.87. The van der Waals surface area contributed by atoms with Crippen molar-refractivity contribution in [2.75, 3.05) is 0 Å². The maximum absolute atomic E-state index is 12.0. The fourth-order valence-corrected chi connectivity index (χ4v) is 2.66. The van der Waals surface area contributed by atoms with Gasteiger partial charge in [-0.1, -0.05) is 50.2 Å². The Kier molecular flexibility index (Phi) is 5.13. The fraction of sp³-hybridized carbons (Fsp3) is 0.235. The maximum Gasteiger partial charge on any atom is 0.244 e. The molecular formula is C17H19NOS. The predicted molar refractivity (Wildman–Crippen MR) is 85.5 cm³/mol. The lowest BCUT2D eigenvalue weighted by molar-refractivity contribution is -0.117. The number of carbonyl (C=O) groups is 1. The Balaban J connectivity index is 2.03. The number of amides is 1. The third kappa shape index (κ3) is 4.07. The van der Waals surface area contributed by atoms with E-state index in [4.69, 9.17) is 0 Å². The average Bonchev–Trinajstić information content (AvgIpc) is 2.96. The molecule has 1 aromatic carbocycles. The van der Waals surface area contributed by atoms with E-state index >= 15 is 0 Å². The molecule has 20 heavy (non-hydrogen) atoms. The van der Waals surface area contributed by atoms with Crippen molar-refractivity contribution in [2.45, 2.75) is 19.9 Å². The van der Waals surface area contributed by atoms with E-state index in [1.54, 1.807) is 17.4 Å². The summed E-state index contributed by atoms with van der Waals surface area (Å²) < 4.78 is 0. The molecule has 0 aliphatic heterocycles. The molecule has 0 saturated heterocycles. The van der Waals surface area contributed by atoms with Crippen molar-refractivity contribution in [3.05, 3.63) is 64.4 Å². The molecule has 0 saturated carbocycles. The van der Waals surface area contributed by atoms with E-state index in [0.717, 1.165) is 10.4 Å². The lowest BCUT2D eigenvalue weighted by Gasteiger charge is -2.22. The SMILES string of the molecule is CC(C)[C@H](NC(=O)/C=C/c1cccs1)c1ccccc1. The van der Waals surface area contributed by atoms with Crippen molar-refractivity contribution in [3.8, 4) is 0 Å². The van der Waals surface area contributed by atoms with Gasteiger partial charge in [0.1, 0.15) is 0 Å². The van der Waals surface area contributed by atoms with E-state index < -0.39 is 0 Å². The molecule has 3 heteroatoms. The van der Waals surface area contributed by atoms with Crippen molar-refractivity contribution in [1.82, 2.24) is 5.32 Å². The van der Waals surface area contributed by atoms with E-state index in [1.807, 2.05) is 53.9 Å². The zero-order chi connectivity index (χ0) is 14.4. The summed E-state index contributed by atoms with van der Waals surface area (Å²) in [6.07, 6.45) is 3.45. The first kappa shape index (κ1) is 14.5. The topological polar surface area (TPSA) is 29.1 Å². The van der Waals surface area contributed by atoms with Crippen LogP contribution in [0.25, 0.3) is 6.08 Å². The summed E-state index contributed by atoms with van der Waals surface area (Å²) in [5.74, 6) is 0.289. The molecule has 0 bridgehead atoms. The lowest BCUT2D eigenvalue weighted by Crippen LogP contribution is -2.30. The summed E-state index contributed by atoms with van der Waals surface area (Å²) in [7, 11) is 0. The van der Waals surface area contributed by atoms with Crippen molar-refractivity contribution in [2.24, 2.45) is 5.92 Å². The van der Waals surface area contributed by atoms with Crippen LogP contribution in [-0.4, -0.2) is 5.91 Å². The minimum atomic E-state index is -0.0547. The molecule has 1 heterocycles. The summed E-state index contributed by atoms with van der Waals surface area (Å²) in [4.78, 5) is 13.1. The van der Waals surface area contributed by atoms with Crippen LogP contribution in [0.2, 0.25) is 0 Å². The van der Waals surface area contributed by atoms with Crippen LogP contribution in [0, 0.1) is 5.92 Å². The Morgan fingerprint density at radius 1 is 1.15 bits per heavy atom. The minimum absolute atomic E-state index is 0.0386. The molecule has 0 spiro atoms. The highest BCUT2D eigenvalue weighted by Crippen LogP contribution is 2.21. The molecule has 0 unspecified atom stereocenters. The molecule has 1 amide bonds. The molecular weight excluding hydrogens is 266 g/mol. The molecule has 0 fully saturated rings. The van der Waals surface area contributed by atoms with Gasteiger partial charge in [-0.2, -0.15) is 0 Å². The van der Waals surface area contributed by atoms with Crippen LogP contribution in [0.1, 0.15) is 30.3 Å². The molecule has 0 aliphatic carbocycles. The van der Waals surface area contributed by atoms with Crippen LogP contribution in [0.15, 0.2) is 53.9 Å². The van der Waals surface area contributed by atoms with Gasteiger partial charge >= 0.3 is 0 Å². The van der Waals surface area contributed by atoms with Gasteiger partial charge in [0.15, 0.2) is 0 Å². The predicted octanol–water partition coefficient (Wildman–Crippen LogP) is 4.27. The Morgan fingerprint density at radius 2 is 1.90 bits per heavy atom. The van der Waals surface area contributed by atoms with Crippen molar-refractivity contribution in [3.63, 3.8) is 0 Å². The second-order valence-electron chi connectivity index (χ2n) is 4.99. The highest BCUT2D eigenvalue weighted by atomic mass is 32.1. The summed E-state index contributed by atoms with van der Waals surface area (Å²) in [5.41, 5.74) is 1.14. The molecule has 2 nitrogen and oxygen atoms in total. The number of hydrogen-bond acceptors (Lipinski definition) is 2. The third-order valence-electron chi connectivity index (χ3n) is 3.07. The van der Waals surface area contributed by atoms with E-state index in [-0.39, 0.29) is 11.9 Å². The van der Waals surface area contributed by atoms with Gasteiger partial charge in [-0.25, -0.2) is 0 Å². The van der Waals surface area contributed by atoms with Gasteiger partial charge in [-0.3, -0.25) is 4.79 Å². The number of rotatable bonds is 5. The molecule has 2 aromatic rings. The average molecular weight is 285 g/mol. The van der Waals surface area contributed by atoms with Crippen LogP contribution in [-0.2, 0) is 4.79 Å². The van der Waals surface area contributed by atoms with Gasteiger partial charge in [-0.05, 0) is 29.0 Å². The molecule has 1 aromatic heterocycles. The van der Waals surface area contributed by atoms with Crippen LogP contribution in [0.5, 0.6) is 0 Å². The number of carbonyl (C=O) groups excluding carboxylic acids is 1. The second kappa shape index (κ2) is 7.06. The zero-order valence-electron chi connectivity index (χ0n) is 11.7. The molecule has 1 N–H and O–H groups in total. The Bertz CT molecular complexity index is 558. The van der Waals surface area contributed by atoms with E-state index in [1.165, 1.54) is 0 Å². The fourth-order valence-electron chi connectivity index (χ4n) is 2.04. The summed E-state index contributed by atoms with van der Waals surface area (Å²) >= 11 is 1.62. The quantitative estimate of drug-likeness (QED) is 0.816. The maximum atomic E-state index is 12.0. The lowest BCUT2D eigenvalue weighted by atomic mass is 9.96. The standard InChI is InChI=1S/C17H19NOS/c1-13(2)17(14-7-4-3-5-8-14)18-16(19)11-10-15-9-6-12-20-15/h3-13,17H,1-2H3,(H,18,19)/b11-10+/t17-/m0/s1. The first-order chi connectivity index (χ1) is 9.66. The normalized spacial score (nSPS) is 12.8. The first-order valence-corrected chi connectivity index (χ1v) is 7.62. The highest BCUT2D eigenvalue weighted by molar-refractivity contribution is 7.10. The van der Waals surface area contributed by atoms with Gasteiger partial charge in [0, 0.05) is 11.0 Å². The van der Waals surface area contributed by atoms with Crippen LogP contribution in [0.4, 0.5) is 0 Å². The third-order valence-corrected chi connectivity index (χ3v) is 3.90. The Morgan fingerprint density at radius 3 is 2.50 bits per heavy atom. The van der Waals surface area contributed by atoms with Crippen molar-refractivity contribution in [1.29, 1.82) is 0 Å². The largest absolute Gasteiger partial charge is 0.345 e. The van der Waals surface area contributed by atoms with Gasteiger partial charge in [-0.15, -0.1) is 11.3 Å². The number of thiophene rings is 1. The van der Waals surface area contributed by atoms with Crippen LogP contribution >= 0.6 is 11.3 Å². The summed E-state index contributed by atoms with van der Waals surface area (Å²) in [5, 5.41) is 5.07. The van der Waals surface area contributed by atoms with Gasteiger partial charge < -0.3 is 5.32 Å². The Labute approximate surface area is 124 Å². The van der Waals surface area contributed by atoms with Gasteiger partial charge in [0.05, 0.1) is 6.04 Å². The highest BCUT2D eigenvalue weighted by Gasteiger charge is 2.16. The van der Waals surface area contributed by atoms with Crippen LogP contribution in [0.3, 0.4) is 0 Å². The van der Waals surface area contributed by atoms with Crippen LogP contribution < -0.4 is 5.32 Å². The number of nitrogens with one attached hydrogen (secondary N) is 1. The minimum Gasteiger partial charge on any atom is -0.345 e.